The Kier molecular flexibility index (Phi) is 3.79. The van der Waals surface area contributed by atoms with E-state index in [1.165, 1.54) is 38.5 Å². The number of rotatable bonds is 3. The van der Waals surface area contributed by atoms with Crippen molar-refractivity contribution in [3.63, 3.8) is 0 Å². The summed E-state index contributed by atoms with van der Waals surface area (Å²) < 4.78 is 0. The highest BCUT2D eigenvalue weighted by atomic mass is 79.9. The largest absolute Gasteiger partial charge is 0.0887 e. The van der Waals surface area contributed by atoms with Gasteiger partial charge in [0.1, 0.15) is 0 Å². The highest BCUT2D eigenvalue weighted by Crippen LogP contribution is 2.48. The molecule has 3 rings (SSSR count). The third kappa shape index (κ3) is 2.27. The molecule has 1 fully saturated rings. The lowest BCUT2D eigenvalue weighted by atomic mass is 9.83. The monoisotopic (exact) mass is 306 g/mol. The lowest BCUT2D eigenvalue weighted by Gasteiger charge is -2.27. The molecule has 0 saturated heterocycles. The van der Waals surface area contributed by atoms with E-state index in [0.717, 1.165) is 22.6 Å². The summed E-state index contributed by atoms with van der Waals surface area (Å²) in [7, 11) is 0. The maximum Gasteiger partial charge on any atom is 0.0179 e. The number of benzene rings is 1. The molecular formula is C17H23Br. The van der Waals surface area contributed by atoms with Crippen molar-refractivity contribution in [3.05, 3.63) is 35.4 Å². The molecule has 0 aliphatic heterocycles. The van der Waals surface area contributed by atoms with E-state index in [-0.39, 0.29) is 0 Å². The molecule has 0 N–H and O–H groups in total. The fourth-order valence-electron chi connectivity index (χ4n) is 4.25. The standard InChI is InChI=1S/C17H23Br/c1-2-5-16(18)17-14-8-9-15(17)11-13-7-4-3-6-12(13)10-14/h3-4,6-7,14-17H,2,5,8-11H2,1H3. The molecule has 2 bridgehead atoms. The third-order valence-corrected chi connectivity index (χ3v) is 6.13. The van der Waals surface area contributed by atoms with E-state index < -0.39 is 0 Å². The molecule has 0 radical (unpaired) electrons. The van der Waals surface area contributed by atoms with Gasteiger partial charge in [-0.3, -0.25) is 0 Å². The lowest BCUT2D eigenvalue weighted by Crippen LogP contribution is -2.25. The van der Waals surface area contributed by atoms with Gasteiger partial charge >= 0.3 is 0 Å². The number of halogens is 1. The van der Waals surface area contributed by atoms with Crippen molar-refractivity contribution in [3.8, 4) is 0 Å². The number of fused-ring (bicyclic) bond motifs is 3. The summed E-state index contributed by atoms with van der Waals surface area (Å²) in [5, 5.41) is 0. The summed E-state index contributed by atoms with van der Waals surface area (Å²) in [5.41, 5.74) is 3.26. The second kappa shape index (κ2) is 5.36. The van der Waals surface area contributed by atoms with Gasteiger partial charge < -0.3 is 0 Å². The molecule has 1 saturated carbocycles. The molecule has 0 amide bonds. The summed E-state index contributed by atoms with van der Waals surface area (Å²) >= 11 is 4.00. The van der Waals surface area contributed by atoms with Crippen molar-refractivity contribution in [2.75, 3.05) is 0 Å². The first-order valence-electron chi connectivity index (χ1n) is 7.50. The van der Waals surface area contributed by atoms with Crippen LogP contribution in [0.25, 0.3) is 0 Å². The van der Waals surface area contributed by atoms with E-state index in [4.69, 9.17) is 0 Å². The molecule has 0 nitrogen and oxygen atoms in total. The number of alkyl halides is 1. The van der Waals surface area contributed by atoms with Crippen LogP contribution in [0.2, 0.25) is 0 Å². The van der Waals surface area contributed by atoms with E-state index in [1.54, 1.807) is 11.1 Å². The summed E-state index contributed by atoms with van der Waals surface area (Å²) in [4.78, 5) is 0.745. The minimum atomic E-state index is 0.745. The quantitative estimate of drug-likeness (QED) is 0.690. The molecule has 3 unspecified atom stereocenters. The van der Waals surface area contributed by atoms with Gasteiger partial charge in [0.05, 0.1) is 0 Å². The van der Waals surface area contributed by atoms with Crippen molar-refractivity contribution < 1.29 is 0 Å². The predicted molar refractivity (Wildman–Crippen MR) is 81.2 cm³/mol. The minimum absolute atomic E-state index is 0.745. The topological polar surface area (TPSA) is 0 Å². The van der Waals surface area contributed by atoms with Crippen LogP contribution in [0, 0.1) is 17.8 Å². The van der Waals surface area contributed by atoms with E-state index in [9.17, 15) is 0 Å². The van der Waals surface area contributed by atoms with Crippen molar-refractivity contribution in [1.29, 1.82) is 0 Å². The fourth-order valence-corrected chi connectivity index (χ4v) is 5.57. The number of hydrogen-bond donors (Lipinski definition) is 0. The van der Waals surface area contributed by atoms with Crippen LogP contribution >= 0.6 is 15.9 Å². The van der Waals surface area contributed by atoms with Crippen LogP contribution in [-0.2, 0) is 12.8 Å². The molecule has 18 heavy (non-hydrogen) atoms. The highest BCUT2D eigenvalue weighted by molar-refractivity contribution is 9.09. The zero-order chi connectivity index (χ0) is 12.5. The van der Waals surface area contributed by atoms with Crippen LogP contribution in [-0.4, -0.2) is 4.83 Å². The molecular weight excluding hydrogens is 284 g/mol. The highest BCUT2D eigenvalue weighted by Gasteiger charge is 2.41. The van der Waals surface area contributed by atoms with Gasteiger partial charge in [-0.15, -0.1) is 0 Å². The Balaban J connectivity index is 1.86. The maximum absolute atomic E-state index is 4.00. The average Bonchev–Trinajstić information content (AvgIpc) is 2.65. The normalized spacial score (nSPS) is 31.8. The second-order valence-electron chi connectivity index (χ2n) is 6.16. The van der Waals surface area contributed by atoms with Gasteiger partial charge in [0.15, 0.2) is 0 Å². The van der Waals surface area contributed by atoms with Crippen molar-refractivity contribution in [1.82, 2.24) is 0 Å². The van der Waals surface area contributed by atoms with Gasteiger partial charge in [-0.2, -0.15) is 0 Å². The molecule has 1 aromatic carbocycles. The van der Waals surface area contributed by atoms with Crippen LogP contribution in [0.1, 0.15) is 43.7 Å². The molecule has 0 heterocycles. The Morgan fingerprint density at radius 3 is 2.17 bits per heavy atom. The Morgan fingerprint density at radius 1 is 1.11 bits per heavy atom. The maximum atomic E-state index is 4.00. The molecule has 3 atom stereocenters. The Morgan fingerprint density at radius 2 is 1.67 bits per heavy atom. The molecule has 1 aromatic rings. The van der Waals surface area contributed by atoms with E-state index in [0.29, 0.717) is 0 Å². The SMILES string of the molecule is CCCC(Br)C1C2CCC1Cc1ccccc1C2. The summed E-state index contributed by atoms with van der Waals surface area (Å²) in [6.07, 6.45) is 8.20. The van der Waals surface area contributed by atoms with E-state index >= 15 is 0 Å². The molecule has 2 aliphatic carbocycles. The van der Waals surface area contributed by atoms with Gasteiger partial charge in [0, 0.05) is 4.83 Å². The zero-order valence-corrected chi connectivity index (χ0v) is 12.8. The van der Waals surface area contributed by atoms with Gasteiger partial charge in [-0.05, 0) is 61.0 Å². The van der Waals surface area contributed by atoms with Crippen molar-refractivity contribution in [2.45, 2.75) is 50.3 Å². The van der Waals surface area contributed by atoms with Gasteiger partial charge in [-0.25, -0.2) is 0 Å². The van der Waals surface area contributed by atoms with Crippen LogP contribution in [0.15, 0.2) is 24.3 Å². The predicted octanol–water partition coefficient (Wildman–Crippen LogP) is 4.99. The molecule has 0 spiro atoms. The Labute approximate surface area is 119 Å². The van der Waals surface area contributed by atoms with Crippen LogP contribution < -0.4 is 0 Å². The third-order valence-electron chi connectivity index (χ3n) is 5.06. The van der Waals surface area contributed by atoms with Crippen LogP contribution in [0.4, 0.5) is 0 Å². The van der Waals surface area contributed by atoms with E-state index in [2.05, 4.69) is 47.1 Å². The molecule has 0 aromatic heterocycles. The first kappa shape index (κ1) is 12.7. The molecule has 2 aliphatic rings. The van der Waals surface area contributed by atoms with Gasteiger partial charge in [-0.1, -0.05) is 53.5 Å². The minimum Gasteiger partial charge on any atom is -0.0887 e. The summed E-state index contributed by atoms with van der Waals surface area (Å²) in [6, 6.07) is 9.14. The van der Waals surface area contributed by atoms with Crippen LogP contribution in [0.3, 0.4) is 0 Å². The first-order chi connectivity index (χ1) is 8.79. The Hall–Kier alpha value is -0.300. The smallest absolute Gasteiger partial charge is 0.0179 e. The zero-order valence-electron chi connectivity index (χ0n) is 11.2. The van der Waals surface area contributed by atoms with E-state index in [1.807, 2.05) is 0 Å². The van der Waals surface area contributed by atoms with Crippen LogP contribution in [0.5, 0.6) is 0 Å². The van der Waals surface area contributed by atoms with Crippen molar-refractivity contribution in [2.24, 2.45) is 17.8 Å². The van der Waals surface area contributed by atoms with Crippen molar-refractivity contribution >= 4 is 15.9 Å². The average molecular weight is 307 g/mol. The molecule has 1 heteroatoms. The number of hydrogen-bond acceptors (Lipinski definition) is 0. The van der Waals surface area contributed by atoms with Gasteiger partial charge in [0.25, 0.3) is 0 Å². The summed E-state index contributed by atoms with van der Waals surface area (Å²) in [6.45, 7) is 2.31. The fraction of sp³-hybridized carbons (Fsp3) is 0.647. The lowest BCUT2D eigenvalue weighted by molar-refractivity contribution is 0.304. The summed E-state index contributed by atoms with van der Waals surface area (Å²) in [5.74, 6) is 2.77. The first-order valence-corrected chi connectivity index (χ1v) is 8.42. The molecule has 98 valence electrons. The Bertz CT molecular complexity index is 379. The van der Waals surface area contributed by atoms with Gasteiger partial charge in [0.2, 0.25) is 0 Å². The second-order valence-corrected chi connectivity index (χ2v) is 7.33.